The van der Waals surface area contributed by atoms with E-state index in [4.69, 9.17) is 23.2 Å². The minimum atomic E-state index is -3.01. The highest BCUT2D eigenvalue weighted by Gasteiger charge is 2.28. The van der Waals surface area contributed by atoms with Gasteiger partial charge in [0.1, 0.15) is 0 Å². The first-order chi connectivity index (χ1) is 12.3. The van der Waals surface area contributed by atoms with Gasteiger partial charge < -0.3 is 10.6 Å². The maximum absolute atomic E-state index is 12.0. The maximum atomic E-state index is 12.0. The van der Waals surface area contributed by atoms with E-state index in [1.54, 1.807) is 12.1 Å². The van der Waals surface area contributed by atoms with E-state index in [1.165, 1.54) is 0 Å². The molecule has 138 valence electrons. The smallest absolute Gasteiger partial charge is 0.239 e. The summed E-state index contributed by atoms with van der Waals surface area (Å²) in [5.41, 5.74) is 2.64. The van der Waals surface area contributed by atoms with Gasteiger partial charge in [-0.05, 0) is 41.8 Å². The number of halogens is 2. The second-order valence-corrected chi connectivity index (χ2v) is 9.27. The number of rotatable bonds is 5. The zero-order chi connectivity index (χ0) is 18.7. The summed E-state index contributed by atoms with van der Waals surface area (Å²) in [7, 11) is -3.01. The molecule has 1 fully saturated rings. The first kappa shape index (κ1) is 19.0. The number of carbonyl (C=O) groups excluding carboxylic acids is 1. The van der Waals surface area contributed by atoms with Crippen LogP contribution in [0, 0.1) is 0 Å². The number of hydrogen-bond donors (Lipinski definition) is 2. The Bertz CT molecular complexity index is 932. The van der Waals surface area contributed by atoms with Gasteiger partial charge in [0.15, 0.2) is 9.84 Å². The molecule has 0 saturated carbocycles. The lowest BCUT2D eigenvalue weighted by atomic mass is 10.1. The number of anilines is 1. The second-order valence-electron chi connectivity index (χ2n) is 6.23. The Kier molecular flexibility index (Phi) is 5.75. The van der Waals surface area contributed by atoms with E-state index in [0.29, 0.717) is 16.5 Å². The van der Waals surface area contributed by atoms with Crippen LogP contribution in [0.5, 0.6) is 0 Å². The van der Waals surface area contributed by atoms with Crippen LogP contribution in [0.15, 0.2) is 42.5 Å². The summed E-state index contributed by atoms with van der Waals surface area (Å²) in [5, 5.41) is 6.78. The third-order valence-electron chi connectivity index (χ3n) is 4.17. The molecule has 2 aromatic carbocycles. The predicted molar refractivity (Wildman–Crippen MR) is 106 cm³/mol. The average Bonchev–Trinajstić information content (AvgIpc) is 2.94. The maximum Gasteiger partial charge on any atom is 0.239 e. The molecule has 0 bridgehead atoms. The quantitative estimate of drug-likeness (QED) is 0.788. The van der Waals surface area contributed by atoms with Gasteiger partial charge in [-0.1, -0.05) is 41.4 Å². The van der Waals surface area contributed by atoms with Crippen molar-refractivity contribution in [3.63, 3.8) is 0 Å². The number of amides is 1. The molecule has 0 unspecified atom stereocenters. The molecule has 8 heteroatoms. The minimum Gasteiger partial charge on any atom is -0.376 e. The molecule has 1 heterocycles. The van der Waals surface area contributed by atoms with Gasteiger partial charge in [0.05, 0.1) is 28.1 Å². The normalized spacial score (nSPS) is 18.5. The van der Waals surface area contributed by atoms with Gasteiger partial charge >= 0.3 is 0 Å². The first-order valence-corrected chi connectivity index (χ1v) is 10.7. The molecular weight excluding hydrogens is 395 g/mol. The lowest BCUT2D eigenvalue weighted by molar-refractivity contribution is -0.119. The van der Waals surface area contributed by atoms with Gasteiger partial charge in [-0.2, -0.15) is 0 Å². The van der Waals surface area contributed by atoms with Crippen molar-refractivity contribution in [2.24, 2.45) is 0 Å². The Morgan fingerprint density at radius 1 is 1.08 bits per heavy atom. The molecule has 1 saturated heterocycles. The van der Waals surface area contributed by atoms with Crippen LogP contribution in [0.4, 0.5) is 5.69 Å². The van der Waals surface area contributed by atoms with Crippen LogP contribution in [0.25, 0.3) is 11.1 Å². The van der Waals surface area contributed by atoms with E-state index in [1.807, 2.05) is 30.3 Å². The molecule has 3 rings (SSSR count). The second kappa shape index (κ2) is 7.86. The fourth-order valence-electron chi connectivity index (χ4n) is 2.85. The van der Waals surface area contributed by atoms with Crippen molar-refractivity contribution in [2.45, 2.75) is 12.5 Å². The predicted octanol–water partition coefficient (Wildman–Crippen LogP) is 3.38. The van der Waals surface area contributed by atoms with Gasteiger partial charge in [0.25, 0.3) is 0 Å². The summed E-state index contributed by atoms with van der Waals surface area (Å²) in [6.45, 7) is 0.0708. The van der Waals surface area contributed by atoms with Crippen LogP contribution in [0.3, 0.4) is 0 Å². The van der Waals surface area contributed by atoms with Gasteiger partial charge in [0, 0.05) is 11.7 Å². The molecule has 26 heavy (non-hydrogen) atoms. The summed E-state index contributed by atoms with van der Waals surface area (Å²) in [5.74, 6) is -0.0742. The highest BCUT2D eigenvalue weighted by molar-refractivity contribution is 7.91. The molecule has 5 nitrogen and oxygen atoms in total. The Balaban J connectivity index is 1.60. The lowest BCUT2D eigenvalue weighted by Gasteiger charge is -2.12. The van der Waals surface area contributed by atoms with Crippen molar-refractivity contribution < 1.29 is 13.2 Å². The number of sulfone groups is 1. The third-order valence-corrected chi connectivity index (χ3v) is 6.67. The number of benzene rings is 2. The van der Waals surface area contributed by atoms with Crippen molar-refractivity contribution in [3.05, 3.63) is 52.5 Å². The van der Waals surface area contributed by atoms with Crippen molar-refractivity contribution in [1.82, 2.24) is 5.32 Å². The van der Waals surface area contributed by atoms with Crippen molar-refractivity contribution in [1.29, 1.82) is 0 Å². The summed E-state index contributed by atoms with van der Waals surface area (Å²) < 4.78 is 22.9. The largest absolute Gasteiger partial charge is 0.376 e. The summed E-state index contributed by atoms with van der Waals surface area (Å²) in [6.07, 6.45) is 0.473. The molecule has 0 aromatic heterocycles. The molecule has 1 amide bonds. The molecule has 1 atom stereocenters. The van der Waals surface area contributed by atoms with Crippen molar-refractivity contribution in [3.8, 4) is 11.1 Å². The minimum absolute atomic E-state index is 0.0194. The van der Waals surface area contributed by atoms with Crippen LogP contribution in [-0.4, -0.2) is 38.4 Å². The van der Waals surface area contributed by atoms with Crippen LogP contribution in [0.1, 0.15) is 6.42 Å². The Hall–Kier alpha value is -1.76. The molecule has 2 aromatic rings. The number of carbonyl (C=O) groups is 1. The standard InChI is InChI=1S/C18H18Cl2N2O3S/c19-16-5-4-13(9-17(16)20)12-2-1-3-14(8-12)21-10-18(23)22-15-6-7-26(24,25)11-15/h1-5,8-9,15,21H,6-7,10-11H2,(H,22,23)/t15-/m1/s1. The molecule has 1 aliphatic heterocycles. The number of nitrogens with one attached hydrogen (secondary N) is 2. The van der Waals surface area contributed by atoms with E-state index < -0.39 is 9.84 Å². The fourth-order valence-corrected chi connectivity index (χ4v) is 4.83. The average molecular weight is 413 g/mol. The van der Waals surface area contributed by atoms with Gasteiger partial charge in [-0.3, -0.25) is 4.79 Å². The first-order valence-electron chi connectivity index (χ1n) is 8.11. The Labute approximate surface area is 162 Å². The van der Waals surface area contributed by atoms with Gasteiger partial charge in [-0.15, -0.1) is 0 Å². The van der Waals surface area contributed by atoms with Crippen LogP contribution >= 0.6 is 23.2 Å². The molecule has 0 radical (unpaired) electrons. The monoisotopic (exact) mass is 412 g/mol. The van der Waals surface area contributed by atoms with Crippen LogP contribution in [-0.2, 0) is 14.6 Å². The van der Waals surface area contributed by atoms with E-state index in [9.17, 15) is 13.2 Å². The molecule has 0 aliphatic carbocycles. The Morgan fingerprint density at radius 2 is 1.85 bits per heavy atom. The highest BCUT2D eigenvalue weighted by atomic mass is 35.5. The van der Waals surface area contributed by atoms with E-state index >= 15 is 0 Å². The zero-order valence-electron chi connectivity index (χ0n) is 13.8. The summed E-state index contributed by atoms with van der Waals surface area (Å²) in [6, 6.07) is 12.7. The lowest BCUT2D eigenvalue weighted by Crippen LogP contribution is -2.39. The van der Waals surface area contributed by atoms with E-state index in [-0.39, 0.29) is 30.0 Å². The zero-order valence-corrected chi connectivity index (χ0v) is 16.2. The molecular formula is C18H18Cl2N2O3S. The van der Waals surface area contributed by atoms with Gasteiger partial charge in [0.2, 0.25) is 5.91 Å². The van der Waals surface area contributed by atoms with Gasteiger partial charge in [-0.25, -0.2) is 8.42 Å². The molecule has 2 N–H and O–H groups in total. The third kappa shape index (κ3) is 4.90. The Morgan fingerprint density at radius 3 is 2.54 bits per heavy atom. The van der Waals surface area contributed by atoms with E-state index in [2.05, 4.69) is 10.6 Å². The highest BCUT2D eigenvalue weighted by Crippen LogP contribution is 2.29. The van der Waals surface area contributed by atoms with Crippen LogP contribution in [0.2, 0.25) is 10.0 Å². The van der Waals surface area contributed by atoms with Crippen molar-refractivity contribution >= 4 is 44.6 Å². The summed E-state index contributed by atoms with van der Waals surface area (Å²) in [4.78, 5) is 12.0. The number of hydrogen-bond acceptors (Lipinski definition) is 4. The molecule has 0 spiro atoms. The topological polar surface area (TPSA) is 75.3 Å². The SMILES string of the molecule is O=C(CNc1cccc(-c2ccc(Cl)c(Cl)c2)c1)N[C@@H]1CCS(=O)(=O)C1. The van der Waals surface area contributed by atoms with Crippen molar-refractivity contribution in [2.75, 3.05) is 23.4 Å². The van der Waals surface area contributed by atoms with Crippen LogP contribution < -0.4 is 10.6 Å². The summed E-state index contributed by atoms with van der Waals surface area (Å²) >= 11 is 12.0. The fraction of sp³-hybridized carbons (Fsp3) is 0.278. The molecule has 1 aliphatic rings. The van der Waals surface area contributed by atoms with E-state index in [0.717, 1.165) is 16.8 Å².